The summed E-state index contributed by atoms with van der Waals surface area (Å²) < 4.78 is 16.4. The Labute approximate surface area is 258 Å². The van der Waals surface area contributed by atoms with E-state index in [0.717, 1.165) is 56.0 Å². The fraction of sp³-hybridized carbons (Fsp3) is 0.314. The van der Waals surface area contributed by atoms with Gasteiger partial charge in [0.2, 0.25) is 0 Å². The first-order valence-electron chi connectivity index (χ1n) is 15.1. The highest BCUT2D eigenvalue weighted by Gasteiger charge is 2.23. The number of para-hydroxylation sites is 1. The van der Waals surface area contributed by atoms with Crippen LogP contribution in [0.4, 0.5) is 17.1 Å². The van der Waals surface area contributed by atoms with Gasteiger partial charge >= 0.3 is 0 Å². The number of nitrogens with one attached hydrogen (secondary N) is 2. The van der Waals surface area contributed by atoms with Crippen molar-refractivity contribution in [2.24, 2.45) is 0 Å². The molecule has 1 saturated heterocycles. The summed E-state index contributed by atoms with van der Waals surface area (Å²) >= 11 is 0. The zero-order chi connectivity index (χ0) is 30.9. The van der Waals surface area contributed by atoms with Gasteiger partial charge in [0.05, 0.1) is 31.4 Å². The third-order valence-electron chi connectivity index (χ3n) is 7.78. The van der Waals surface area contributed by atoms with Crippen molar-refractivity contribution in [2.45, 2.75) is 26.7 Å². The molecule has 0 bridgehead atoms. The van der Waals surface area contributed by atoms with E-state index in [1.807, 2.05) is 37.3 Å². The number of piperazine rings is 1. The van der Waals surface area contributed by atoms with Gasteiger partial charge in [-0.3, -0.25) is 9.59 Å². The molecular weight excluding hydrogens is 556 g/mol. The fourth-order valence-corrected chi connectivity index (χ4v) is 5.49. The number of ether oxygens (including phenoxy) is 2. The number of carbonyl (C=O) groups is 2. The summed E-state index contributed by atoms with van der Waals surface area (Å²) in [6.07, 6.45) is 3.01. The molecule has 230 valence electrons. The Kier molecular flexibility index (Phi) is 10.1. The molecule has 9 heteroatoms. The molecule has 4 aromatic rings. The van der Waals surface area contributed by atoms with Gasteiger partial charge in [0.15, 0.2) is 17.3 Å². The standard InChI is InChI=1S/C35H40N4O5/c1-4-43-33-23-26(13-16-31(33)42-3)10-7-17-36-34(40)27-14-15-30(28(24-27)37-35(41)32-12-8-22-44-32)39-20-18-38(19-21-39)29-11-6-5-9-25(29)2/h5-6,8-9,11-16,22-24H,4,7,10,17-21H2,1-3H3,(H,36,40)(H,37,41). The average molecular weight is 597 g/mol. The van der Waals surface area contributed by atoms with Crippen LogP contribution in [-0.4, -0.2) is 58.3 Å². The molecule has 1 aromatic heterocycles. The third-order valence-corrected chi connectivity index (χ3v) is 7.78. The predicted octanol–water partition coefficient (Wildman–Crippen LogP) is 5.94. The first-order chi connectivity index (χ1) is 21.5. The average Bonchev–Trinajstić information content (AvgIpc) is 3.59. The number of hydrogen-bond donors (Lipinski definition) is 2. The van der Waals surface area contributed by atoms with Crippen LogP contribution < -0.4 is 29.9 Å². The topological polar surface area (TPSA) is 96.3 Å². The van der Waals surface area contributed by atoms with Crippen molar-refractivity contribution in [3.05, 3.63) is 102 Å². The van der Waals surface area contributed by atoms with Gasteiger partial charge in [-0.1, -0.05) is 24.3 Å². The summed E-state index contributed by atoms with van der Waals surface area (Å²) in [7, 11) is 1.63. The summed E-state index contributed by atoms with van der Waals surface area (Å²) in [5.41, 5.74) is 5.53. The van der Waals surface area contributed by atoms with Crippen LogP contribution in [-0.2, 0) is 6.42 Å². The minimum atomic E-state index is -0.363. The van der Waals surface area contributed by atoms with E-state index >= 15 is 0 Å². The third kappa shape index (κ3) is 7.34. The Morgan fingerprint density at radius 3 is 2.34 bits per heavy atom. The molecule has 44 heavy (non-hydrogen) atoms. The predicted molar refractivity (Wildman–Crippen MR) is 174 cm³/mol. The number of hydrogen-bond acceptors (Lipinski definition) is 7. The first kappa shape index (κ1) is 30.5. The Bertz CT molecular complexity index is 1560. The molecule has 0 atom stereocenters. The zero-order valence-electron chi connectivity index (χ0n) is 25.6. The Morgan fingerprint density at radius 1 is 0.864 bits per heavy atom. The molecule has 2 heterocycles. The zero-order valence-corrected chi connectivity index (χ0v) is 25.6. The van der Waals surface area contributed by atoms with Gasteiger partial charge in [-0.25, -0.2) is 0 Å². The van der Waals surface area contributed by atoms with Gasteiger partial charge in [0, 0.05) is 44.0 Å². The molecule has 0 unspecified atom stereocenters. The van der Waals surface area contributed by atoms with E-state index in [2.05, 4.69) is 51.6 Å². The van der Waals surface area contributed by atoms with Gasteiger partial charge in [-0.2, -0.15) is 0 Å². The molecule has 9 nitrogen and oxygen atoms in total. The van der Waals surface area contributed by atoms with Gasteiger partial charge < -0.3 is 34.3 Å². The molecule has 0 spiro atoms. The molecule has 0 saturated carbocycles. The van der Waals surface area contributed by atoms with E-state index in [0.29, 0.717) is 30.2 Å². The van der Waals surface area contributed by atoms with Crippen LogP contribution in [0.25, 0.3) is 0 Å². The summed E-state index contributed by atoms with van der Waals surface area (Å²) in [5.74, 6) is 1.08. The van der Waals surface area contributed by atoms with E-state index < -0.39 is 0 Å². The van der Waals surface area contributed by atoms with E-state index in [9.17, 15) is 9.59 Å². The highest BCUT2D eigenvalue weighted by Crippen LogP contribution is 2.31. The lowest BCUT2D eigenvalue weighted by atomic mass is 10.1. The van der Waals surface area contributed by atoms with Gasteiger partial charge in [0.1, 0.15) is 0 Å². The number of rotatable bonds is 12. The number of anilines is 3. The summed E-state index contributed by atoms with van der Waals surface area (Å²) in [6, 6.07) is 23.1. The number of furan rings is 1. The smallest absolute Gasteiger partial charge is 0.291 e. The van der Waals surface area contributed by atoms with Crippen LogP contribution in [0.3, 0.4) is 0 Å². The molecular formula is C35H40N4O5. The second-order valence-electron chi connectivity index (χ2n) is 10.7. The number of aryl methyl sites for hydroxylation is 2. The number of nitrogens with zero attached hydrogens (tertiary/aromatic N) is 2. The fourth-order valence-electron chi connectivity index (χ4n) is 5.49. The van der Waals surface area contributed by atoms with Crippen molar-refractivity contribution in [2.75, 3.05) is 61.6 Å². The Morgan fingerprint density at radius 2 is 1.64 bits per heavy atom. The van der Waals surface area contributed by atoms with Gasteiger partial charge in [-0.15, -0.1) is 0 Å². The minimum Gasteiger partial charge on any atom is -0.493 e. The van der Waals surface area contributed by atoms with Crippen LogP contribution >= 0.6 is 0 Å². The van der Waals surface area contributed by atoms with Gasteiger partial charge in [0.25, 0.3) is 11.8 Å². The maximum Gasteiger partial charge on any atom is 0.291 e. The number of amides is 2. The van der Waals surface area contributed by atoms with Crippen molar-refractivity contribution in [3.8, 4) is 11.5 Å². The second kappa shape index (κ2) is 14.5. The molecule has 1 aliphatic rings. The highest BCUT2D eigenvalue weighted by atomic mass is 16.5. The first-order valence-corrected chi connectivity index (χ1v) is 15.1. The van der Waals surface area contributed by atoms with Crippen LogP contribution in [0.5, 0.6) is 11.5 Å². The van der Waals surface area contributed by atoms with Crippen LogP contribution in [0.1, 0.15) is 45.4 Å². The number of benzene rings is 3. The molecule has 0 radical (unpaired) electrons. The van der Waals surface area contributed by atoms with Crippen molar-refractivity contribution < 1.29 is 23.5 Å². The lowest BCUT2D eigenvalue weighted by Gasteiger charge is -2.38. The van der Waals surface area contributed by atoms with E-state index in [4.69, 9.17) is 13.9 Å². The maximum absolute atomic E-state index is 13.2. The normalized spacial score (nSPS) is 13.0. The molecule has 3 aromatic carbocycles. The van der Waals surface area contributed by atoms with Crippen LogP contribution in [0.15, 0.2) is 83.5 Å². The molecule has 1 aliphatic heterocycles. The Hall–Kier alpha value is -4.92. The van der Waals surface area contributed by atoms with Crippen molar-refractivity contribution in [3.63, 3.8) is 0 Å². The van der Waals surface area contributed by atoms with Gasteiger partial charge in [-0.05, 0) is 86.3 Å². The summed E-state index contributed by atoms with van der Waals surface area (Å²) in [6.45, 7) is 8.38. The Balaban J connectivity index is 1.25. The minimum absolute atomic E-state index is 0.195. The van der Waals surface area contributed by atoms with E-state index in [1.54, 1.807) is 25.3 Å². The molecule has 2 amide bonds. The van der Waals surface area contributed by atoms with Crippen LogP contribution in [0.2, 0.25) is 0 Å². The molecule has 2 N–H and O–H groups in total. The lowest BCUT2D eigenvalue weighted by Crippen LogP contribution is -2.47. The van der Waals surface area contributed by atoms with Crippen molar-refractivity contribution >= 4 is 28.9 Å². The summed E-state index contributed by atoms with van der Waals surface area (Å²) in [4.78, 5) is 30.8. The molecule has 0 aliphatic carbocycles. The molecule has 1 fully saturated rings. The number of carbonyl (C=O) groups excluding carboxylic acids is 2. The summed E-state index contributed by atoms with van der Waals surface area (Å²) in [5, 5.41) is 6.00. The van der Waals surface area contributed by atoms with Crippen LogP contribution in [0, 0.1) is 6.92 Å². The SMILES string of the molecule is CCOc1cc(CCCNC(=O)c2ccc(N3CCN(c4ccccc4C)CC3)c(NC(=O)c3ccco3)c2)ccc1OC. The maximum atomic E-state index is 13.2. The largest absolute Gasteiger partial charge is 0.493 e. The lowest BCUT2D eigenvalue weighted by molar-refractivity contribution is 0.0951. The second-order valence-corrected chi connectivity index (χ2v) is 10.7. The quantitative estimate of drug-likeness (QED) is 0.196. The highest BCUT2D eigenvalue weighted by molar-refractivity contribution is 6.05. The van der Waals surface area contributed by atoms with Crippen molar-refractivity contribution in [1.29, 1.82) is 0 Å². The molecule has 5 rings (SSSR count). The van der Waals surface area contributed by atoms with E-state index in [-0.39, 0.29) is 17.6 Å². The van der Waals surface area contributed by atoms with E-state index in [1.165, 1.54) is 17.5 Å². The number of methoxy groups -OCH3 is 1. The van der Waals surface area contributed by atoms with Crippen molar-refractivity contribution in [1.82, 2.24) is 5.32 Å². The monoisotopic (exact) mass is 596 g/mol.